The van der Waals surface area contributed by atoms with Crippen molar-refractivity contribution in [3.8, 4) is 0 Å². The molecule has 0 amide bonds. The fraction of sp³-hybridized carbons (Fsp3) is 1.00. The summed E-state index contributed by atoms with van der Waals surface area (Å²) in [5, 5.41) is -0.528. The molecule has 6 heteroatoms. The molecule has 4 nitrogen and oxygen atoms in total. The molecule has 0 saturated heterocycles. The standard InChI is InChI=1S/C3H9NO3S2/c1-8-3(4)2-9(5,6)7/h3H,2,4H2,1H3,(H,5,6,7). The van der Waals surface area contributed by atoms with Crippen molar-refractivity contribution in [2.24, 2.45) is 5.73 Å². The summed E-state index contributed by atoms with van der Waals surface area (Å²) in [6.07, 6.45) is 1.68. The number of hydrogen-bond acceptors (Lipinski definition) is 4. The second-order valence-electron chi connectivity index (χ2n) is 1.52. The Morgan fingerprint density at radius 2 is 2.22 bits per heavy atom. The highest BCUT2D eigenvalue weighted by Gasteiger charge is 2.10. The molecule has 0 fully saturated rings. The largest absolute Gasteiger partial charge is 0.318 e. The van der Waals surface area contributed by atoms with Gasteiger partial charge in [0.1, 0.15) is 0 Å². The van der Waals surface area contributed by atoms with Gasteiger partial charge in [-0.2, -0.15) is 8.42 Å². The molecule has 0 aliphatic heterocycles. The van der Waals surface area contributed by atoms with Crippen molar-refractivity contribution < 1.29 is 13.0 Å². The SMILES string of the molecule is CSC(N)CS(=O)(=O)O. The van der Waals surface area contributed by atoms with E-state index < -0.39 is 15.5 Å². The summed E-state index contributed by atoms with van der Waals surface area (Å²) in [4.78, 5) is 0. The lowest BCUT2D eigenvalue weighted by Crippen LogP contribution is -2.25. The van der Waals surface area contributed by atoms with E-state index in [0.717, 1.165) is 0 Å². The number of nitrogens with two attached hydrogens (primary N) is 1. The van der Waals surface area contributed by atoms with Gasteiger partial charge in [-0.15, -0.1) is 11.8 Å². The molecule has 0 spiro atoms. The Balaban J connectivity index is 3.75. The van der Waals surface area contributed by atoms with Gasteiger partial charge in [0.05, 0.1) is 11.1 Å². The zero-order chi connectivity index (χ0) is 7.49. The molecule has 0 heterocycles. The minimum atomic E-state index is -3.88. The summed E-state index contributed by atoms with van der Waals surface area (Å²) in [7, 11) is -3.88. The molecule has 9 heavy (non-hydrogen) atoms. The first-order valence-corrected chi connectivity index (χ1v) is 5.09. The third-order valence-electron chi connectivity index (χ3n) is 0.678. The lowest BCUT2D eigenvalue weighted by atomic mass is 10.8. The van der Waals surface area contributed by atoms with Gasteiger partial charge in [0.15, 0.2) is 0 Å². The molecule has 0 aliphatic rings. The van der Waals surface area contributed by atoms with Gasteiger partial charge in [0.2, 0.25) is 0 Å². The van der Waals surface area contributed by atoms with E-state index in [1.807, 2.05) is 0 Å². The van der Waals surface area contributed by atoms with Crippen LogP contribution in [0.4, 0.5) is 0 Å². The van der Waals surface area contributed by atoms with Crippen LogP contribution in [-0.4, -0.2) is 30.4 Å². The van der Waals surface area contributed by atoms with E-state index >= 15 is 0 Å². The van der Waals surface area contributed by atoms with Crippen LogP contribution in [0.5, 0.6) is 0 Å². The van der Waals surface area contributed by atoms with E-state index in [1.54, 1.807) is 6.26 Å². The summed E-state index contributed by atoms with van der Waals surface area (Å²) in [6.45, 7) is 0. The molecule has 0 aromatic heterocycles. The normalized spacial score (nSPS) is 15.4. The molecule has 0 aromatic rings. The fourth-order valence-electron chi connectivity index (χ4n) is 0.276. The monoisotopic (exact) mass is 171 g/mol. The van der Waals surface area contributed by atoms with Crippen molar-refractivity contribution in [1.29, 1.82) is 0 Å². The molecule has 56 valence electrons. The summed E-state index contributed by atoms with van der Waals surface area (Å²) in [6, 6.07) is 0. The number of hydrogen-bond donors (Lipinski definition) is 2. The maximum atomic E-state index is 10.1. The molecule has 0 aliphatic carbocycles. The molecule has 1 atom stereocenters. The zero-order valence-corrected chi connectivity index (χ0v) is 6.58. The summed E-state index contributed by atoms with van der Waals surface area (Å²) in [5.74, 6) is -0.381. The minimum absolute atomic E-state index is 0.381. The van der Waals surface area contributed by atoms with Crippen LogP contribution in [0.3, 0.4) is 0 Å². The number of rotatable bonds is 3. The van der Waals surface area contributed by atoms with Gasteiger partial charge in [0.25, 0.3) is 10.1 Å². The maximum absolute atomic E-state index is 10.1. The average Bonchev–Trinajstić information content (AvgIpc) is 1.62. The molecule has 3 N–H and O–H groups in total. The minimum Gasteiger partial charge on any atom is -0.318 e. The molecule has 0 aromatic carbocycles. The molecule has 0 rings (SSSR count). The Labute approximate surface area is 58.6 Å². The van der Waals surface area contributed by atoms with Crippen LogP contribution in [0.1, 0.15) is 0 Å². The van der Waals surface area contributed by atoms with Gasteiger partial charge in [-0.25, -0.2) is 0 Å². The fourth-order valence-corrected chi connectivity index (χ4v) is 1.75. The van der Waals surface area contributed by atoms with E-state index in [2.05, 4.69) is 0 Å². The van der Waals surface area contributed by atoms with Gasteiger partial charge in [-0.1, -0.05) is 0 Å². The summed E-state index contributed by atoms with van der Waals surface area (Å²) >= 11 is 1.19. The molecule has 0 radical (unpaired) electrons. The zero-order valence-electron chi connectivity index (χ0n) is 4.94. The first kappa shape index (κ1) is 9.22. The average molecular weight is 171 g/mol. The van der Waals surface area contributed by atoms with Gasteiger partial charge in [-0.3, -0.25) is 4.55 Å². The smallest absolute Gasteiger partial charge is 0.267 e. The van der Waals surface area contributed by atoms with Crippen LogP contribution in [0.15, 0.2) is 0 Å². The predicted octanol–water partition coefficient (Wildman–Crippen LogP) is -0.478. The van der Waals surface area contributed by atoms with Gasteiger partial charge < -0.3 is 5.73 Å². The van der Waals surface area contributed by atoms with E-state index in [-0.39, 0.29) is 5.75 Å². The highest BCUT2D eigenvalue weighted by atomic mass is 32.2. The Kier molecular flexibility index (Phi) is 3.49. The lowest BCUT2D eigenvalue weighted by molar-refractivity contribution is 0.482. The Morgan fingerprint density at radius 3 is 2.33 bits per heavy atom. The third kappa shape index (κ3) is 6.10. The molecular formula is C3H9NO3S2. The van der Waals surface area contributed by atoms with Crippen molar-refractivity contribution in [2.75, 3.05) is 12.0 Å². The van der Waals surface area contributed by atoms with E-state index in [1.165, 1.54) is 11.8 Å². The van der Waals surface area contributed by atoms with Gasteiger partial charge >= 0.3 is 0 Å². The lowest BCUT2D eigenvalue weighted by Gasteiger charge is -2.03. The van der Waals surface area contributed by atoms with Crippen LogP contribution in [0, 0.1) is 0 Å². The number of thioether (sulfide) groups is 1. The van der Waals surface area contributed by atoms with Crippen molar-refractivity contribution in [3.05, 3.63) is 0 Å². The molecular weight excluding hydrogens is 162 g/mol. The first-order chi connectivity index (χ1) is 3.95. The highest BCUT2D eigenvalue weighted by molar-refractivity contribution is 8.00. The Hall–Kier alpha value is 0.220. The molecule has 0 bridgehead atoms. The van der Waals surface area contributed by atoms with Crippen molar-refractivity contribution in [1.82, 2.24) is 0 Å². The highest BCUT2D eigenvalue weighted by Crippen LogP contribution is 2.00. The second-order valence-corrected chi connectivity index (χ2v) is 4.10. The van der Waals surface area contributed by atoms with Crippen LogP contribution < -0.4 is 5.73 Å². The van der Waals surface area contributed by atoms with E-state index in [9.17, 15) is 8.42 Å². The maximum Gasteiger partial charge on any atom is 0.267 e. The van der Waals surface area contributed by atoms with Crippen molar-refractivity contribution in [2.45, 2.75) is 5.37 Å². The van der Waals surface area contributed by atoms with E-state index in [4.69, 9.17) is 10.3 Å². The van der Waals surface area contributed by atoms with Crippen LogP contribution >= 0.6 is 11.8 Å². The first-order valence-electron chi connectivity index (χ1n) is 2.19. The van der Waals surface area contributed by atoms with Crippen LogP contribution in [-0.2, 0) is 10.1 Å². The summed E-state index contributed by atoms with van der Waals surface area (Å²) < 4.78 is 28.3. The molecule has 0 saturated carbocycles. The molecule has 1 unspecified atom stereocenters. The van der Waals surface area contributed by atoms with Crippen LogP contribution in [0.25, 0.3) is 0 Å². The summed E-state index contributed by atoms with van der Waals surface area (Å²) in [5.41, 5.74) is 5.18. The quantitative estimate of drug-likeness (QED) is 0.443. The van der Waals surface area contributed by atoms with Crippen molar-refractivity contribution in [3.63, 3.8) is 0 Å². The van der Waals surface area contributed by atoms with Gasteiger partial charge in [-0.05, 0) is 6.26 Å². The predicted molar refractivity (Wildman–Crippen MR) is 37.9 cm³/mol. The Bertz CT molecular complexity index is 164. The van der Waals surface area contributed by atoms with Crippen LogP contribution in [0.2, 0.25) is 0 Å². The Morgan fingerprint density at radius 1 is 1.78 bits per heavy atom. The topological polar surface area (TPSA) is 80.4 Å². The van der Waals surface area contributed by atoms with Crippen molar-refractivity contribution >= 4 is 21.9 Å². The van der Waals surface area contributed by atoms with Gasteiger partial charge in [0, 0.05) is 0 Å². The third-order valence-corrected chi connectivity index (χ3v) is 2.44. The second kappa shape index (κ2) is 3.40. The van der Waals surface area contributed by atoms with E-state index in [0.29, 0.717) is 0 Å².